The number of hydrogen-bond donors (Lipinski definition) is 1. The maximum Gasteiger partial charge on any atom is 0.253 e. The molecule has 2 aromatic carbocycles. The third kappa shape index (κ3) is 4.98. The molecule has 29 heavy (non-hydrogen) atoms. The number of carbonyl (C=O) groups excluding carboxylic acids is 1. The molecule has 8 heteroatoms. The summed E-state index contributed by atoms with van der Waals surface area (Å²) < 4.78 is 32.3. The van der Waals surface area contributed by atoms with E-state index >= 15 is 0 Å². The van der Waals surface area contributed by atoms with Gasteiger partial charge in [-0.05, 0) is 42.7 Å². The quantitative estimate of drug-likeness (QED) is 0.752. The summed E-state index contributed by atoms with van der Waals surface area (Å²) in [7, 11) is -3.71. The van der Waals surface area contributed by atoms with Crippen molar-refractivity contribution in [2.24, 2.45) is 0 Å². The van der Waals surface area contributed by atoms with Crippen LogP contribution in [0.2, 0.25) is 5.02 Å². The van der Waals surface area contributed by atoms with E-state index in [9.17, 15) is 13.2 Å². The second-order valence-corrected chi connectivity index (χ2v) is 9.29. The van der Waals surface area contributed by atoms with Crippen molar-refractivity contribution in [3.05, 3.63) is 64.2 Å². The highest BCUT2D eigenvalue weighted by Gasteiger charge is 2.27. The van der Waals surface area contributed by atoms with Gasteiger partial charge < -0.3 is 10.1 Å². The molecular weight excluding hydrogens is 412 g/mol. The van der Waals surface area contributed by atoms with E-state index in [1.54, 1.807) is 0 Å². The minimum atomic E-state index is -3.71. The molecule has 1 atom stereocenters. The van der Waals surface area contributed by atoms with E-state index in [1.807, 2.05) is 31.2 Å². The molecule has 0 aliphatic carbocycles. The first-order chi connectivity index (χ1) is 13.8. The number of hydrogen-bond acceptors (Lipinski definition) is 4. The number of nitrogens with one attached hydrogen (secondary N) is 1. The number of amides is 1. The van der Waals surface area contributed by atoms with Gasteiger partial charge in [0.15, 0.2) is 0 Å². The smallest absolute Gasteiger partial charge is 0.253 e. The Morgan fingerprint density at radius 2 is 1.83 bits per heavy atom. The molecule has 1 saturated heterocycles. The van der Waals surface area contributed by atoms with E-state index in [-0.39, 0.29) is 34.6 Å². The zero-order valence-electron chi connectivity index (χ0n) is 16.5. The molecule has 0 unspecified atom stereocenters. The predicted octanol–water partition coefficient (Wildman–Crippen LogP) is 3.41. The topological polar surface area (TPSA) is 75.7 Å². The Bertz CT molecular complexity index is 971. The van der Waals surface area contributed by atoms with Crippen LogP contribution >= 0.6 is 11.6 Å². The van der Waals surface area contributed by atoms with E-state index in [4.69, 9.17) is 16.3 Å². The molecular formula is C21H25ClN2O4S. The van der Waals surface area contributed by atoms with Gasteiger partial charge >= 0.3 is 0 Å². The predicted molar refractivity (Wildman–Crippen MR) is 113 cm³/mol. The molecule has 2 aromatic rings. The van der Waals surface area contributed by atoms with Crippen LogP contribution in [0.3, 0.4) is 0 Å². The maximum atomic E-state index is 12.9. The zero-order valence-corrected chi connectivity index (χ0v) is 18.1. The lowest BCUT2D eigenvalue weighted by molar-refractivity contribution is 0.0730. The highest BCUT2D eigenvalue weighted by Crippen LogP contribution is 2.24. The number of sulfonamides is 1. The molecule has 1 amide bonds. The fourth-order valence-electron chi connectivity index (χ4n) is 3.17. The first-order valence-corrected chi connectivity index (χ1v) is 11.4. The van der Waals surface area contributed by atoms with Gasteiger partial charge in [0.1, 0.15) is 0 Å². The average Bonchev–Trinajstić information content (AvgIpc) is 2.74. The Balaban J connectivity index is 1.80. The molecule has 1 aliphatic heterocycles. The zero-order chi connectivity index (χ0) is 21.0. The highest BCUT2D eigenvalue weighted by molar-refractivity contribution is 7.89. The molecule has 0 bridgehead atoms. The van der Waals surface area contributed by atoms with Gasteiger partial charge in [-0.3, -0.25) is 4.79 Å². The lowest BCUT2D eigenvalue weighted by Gasteiger charge is -2.26. The van der Waals surface area contributed by atoms with Gasteiger partial charge in [0.25, 0.3) is 5.91 Å². The van der Waals surface area contributed by atoms with Crippen LogP contribution in [0.15, 0.2) is 47.4 Å². The van der Waals surface area contributed by atoms with E-state index in [0.717, 1.165) is 12.0 Å². The summed E-state index contributed by atoms with van der Waals surface area (Å²) >= 11 is 6.21. The first-order valence-electron chi connectivity index (χ1n) is 9.60. The fraction of sp³-hybridized carbons (Fsp3) is 0.381. The number of halogens is 1. The minimum absolute atomic E-state index is 0.0499. The van der Waals surface area contributed by atoms with Crippen LogP contribution in [0, 0.1) is 0 Å². The highest BCUT2D eigenvalue weighted by atomic mass is 35.5. The van der Waals surface area contributed by atoms with Crippen LogP contribution in [0.4, 0.5) is 0 Å². The normalized spacial score (nSPS) is 16.4. The number of carbonyl (C=O) groups is 1. The molecule has 0 aromatic heterocycles. The van der Waals surface area contributed by atoms with Gasteiger partial charge in [-0.2, -0.15) is 4.31 Å². The Hall–Kier alpha value is -1.93. The second kappa shape index (κ2) is 9.26. The molecule has 1 N–H and O–H groups in total. The van der Waals surface area contributed by atoms with Crippen molar-refractivity contribution in [1.82, 2.24) is 9.62 Å². The third-order valence-corrected chi connectivity index (χ3v) is 7.25. The van der Waals surface area contributed by atoms with Gasteiger partial charge in [0.2, 0.25) is 10.0 Å². The number of nitrogens with zero attached hydrogens (tertiary/aromatic N) is 1. The summed E-state index contributed by atoms with van der Waals surface area (Å²) in [5.41, 5.74) is 2.32. The van der Waals surface area contributed by atoms with Crippen molar-refractivity contribution in [3.8, 4) is 0 Å². The van der Waals surface area contributed by atoms with E-state index < -0.39 is 15.9 Å². The molecule has 156 valence electrons. The molecule has 0 radical (unpaired) electrons. The van der Waals surface area contributed by atoms with Crippen LogP contribution in [0.1, 0.15) is 41.4 Å². The summed E-state index contributed by atoms with van der Waals surface area (Å²) in [4.78, 5) is 12.9. The van der Waals surface area contributed by atoms with Gasteiger partial charge in [-0.25, -0.2) is 8.42 Å². The van der Waals surface area contributed by atoms with Crippen LogP contribution < -0.4 is 5.32 Å². The van der Waals surface area contributed by atoms with Crippen molar-refractivity contribution in [3.63, 3.8) is 0 Å². The molecule has 0 spiro atoms. The Kier molecular flexibility index (Phi) is 6.95. The summed E-state index contributed by atoms with van der Waals surface area (Å²) in [5, 5.41) is 3.10. The number of ether oxygens (including phenoxy) is 1. The van der Waals surface area contributed by atoms with Crippen LogP contribution in [0.5, 0.6) is 0 Å². The molecule has 0 saturated carbocycles. The molecule has 6 nitrogen and oxygen atoms in total. The van der Waals surface area contributed by atoms with Crippen molar-refractivity contribution in [2.75, 3.05) is 26.3 Å². The van der Waals surface area contributed by atoms with Crippen molar-refractivity contribution < 1.29 is 17.9 Å². The van der Waals surface area contributed by atoms with Gasteiger partial charge in [0, 0.05) is 13.1 Å². The summed E-state index contributed by atoms with van der Waals surface area (Å²) in [6.07, 6.45) is 0.945. The largest absolute Gasteiger partial charge is 0.379 e. The lowest BCUT2D eigenvalue weighted by Crippen LogP contribution is -2.40. The number of morpholine rings is 1. The van der Waals surface area contributed by atoms with Gasteiger partial charge in [-0.1, -0.05) is 42.8 Å². The maximum absolute atomic E-state index is 12.9. The van der Waals surface area contributed by atoms with Crippen molar-refractivity contribution >= 4 is 27.5 Å². The van der Waals surface area contributed by atoms with Crippen LogP contribution in [-0.2, 0) is 21.2 Å². The number of rotatable bonds is 6. The Morgan fingerprint density at radius 1 is 1.17 bits per heavy atom. The molecule has 1 heterocycles. The number of aryl methyl sites for hydroxylation is 1. The summed E-state index contributed by atoms with van der Waals surface area (Å²) in [6.45, 7) is 5.25. The van der Waals surface area contributed by atoms with Crippen molar-refractivity contribution in [2.45, 2.75) is 31.2 Å². The van der Waals surface area contributed by atoms with Crippen molar-refractivity contribution in [1.29, 1.82) is 0 Å². The fourth-order valence-corrected chi connectivity index (χ4v) is 4.81. The minimum Gasteiger partial charge on any atom is -0.379 e. The second-order valence-electron chi connectivity index (χ2n) is 6.95. The van der Waals surface area contributed by atoms with Gasteiger partial charge in [0.05, 0.1) is 34.7 Å². The van der Waals surface area contributed by atoms with Crippen LogP contribution in [0.25, 0.3) is 0 Å². The summed E-state index contributed by atoms with van der Waals surface area (Å²) in [6, 6.07) is 12.0. The Morgan fingerprint density at radius 3 is 2.45 bits per heavy atom. The lowest BCUT2D eigenvalue weighted by atomic mass is 10.0. The van der Waals surface area contributed by atoms with E-state index in [2.05, 4.69) is 12.2 Å². The first kappa shape index (κ1) is 21.8. The summed E-state index contributed by atoms with van der Waals surface area (Å²) in [5.74, 6) is -0.416. The van der Waals surface area contributed by atoms with E-state index in [1.165, 1.54) is 28.1 Å². The Labute approximate surface area is 176 Å². The average molecular weight is 437 g/mol. The molecule has 1 aliphatic rings. The molecule has 1 fully saturated rings. The standard InChI is InChI=1S/C21H25ClN2O4S/c1-3-16-4-6-17(7-5-16)15(2)23-21(25)19-14-18(8-9-20(19)22)29(26,27)24-10-12-28-13-11-24/h4-9,14-15H,3,10-13H2,1-2H3,(H,23,25)/t15-/m0/s1. The van der Waals surface area contributed by atoms with E-state index in [0.29, 0.717) is 13.2 Å². The monoisotopic (exact) mass is 436 g/mol. The number of benzene rings is 2. The van der Waals surface area contributed by atoms with Gasteiger partial charge in [-0.15, -0.1) is 0 Å². The van der Waals surface area contributed by atoms with Crippen LogP contribution in [-0.4, -0.2) is 44.9 Å². The third-order valence-electron chi connectivity index (χ3n) is 5.03. The molecule has 3 rings (SSSR count). The SMILES string of the molecule is CCc1ccc([C@H](C)NC(=O)c2cc(S(=O)(=O)N3CCOCC3)ccc2Cl)cc1.